The van der Waals surface area contributed by atoms with Crippen LogP contribution in [0.25, 0.3) is 11.1 Å². The summed E-state index contributed by atoms with van der Waals surface area (Å²) in [5, 5.41) is 0. The van der Waals surface area contributed by atoms with E-state index in [1.807, 2.05) is 30.1 Å². The van der Waals surface area contributed by atoms with Crippen molar-refractivity contribution in [2.24, 2.45) is 0 Å². The summed E-state index contributed by atoms with van der Waals surface area (Å²) in [6.07, 6.45) is 8.43. The monoisotopic (exact) mass is 406 g/mol. The van der Waals surface area contributed by atoms with Crippen molar-refractivity contribution >= 4 is 11.9 Å². The molecule has 4 rings (SSSR count). The quantitative estimate of drug-likeness (QED) is 0.663. The molecule has 154 valence electrons. The first-order chi connectivity index (χ1) is 14.5. The van der Waals surface area contributed by atoms with Crippen LogP contribution >= 0.6 is 0 Å². The van der Waals surface area contributed by atoms with Crippen molar-refractivity contribution < 1.29 is 9.18 Å². The number of carbonyl (C=O) groups is 1. The number of carbonyl (C=O) groups excluding carboxylic acids is 1. The second kappa shape index (κ2) is 8.52. The Balaban J connectivity index is 1.56. The molecule has 1 aliphatic heterocycles. The Labute approximate surface area is 174 Å². The van der Waals surface area contributed by atoms with Gasteiger partial charge in [-0.2, -0.15) is 0 Å². The highest BCUT2D eigenvalue weighted by Gasteiger charge is 2.28. The van der Waals surface area contributed by atoms with Gasteiger partial charge >= 0.3 is 0 Å². The maximum atomic E-state index is 13.1. The van der Waals surface area contributed by atoms with Gasteiger partial charge in [-0.25, -0.2) is 24.3 Å². The van der Waals surface area contributed by atoms with Gasteiger partial charge in [0, 0.05) is 68.4 Å². The zero-order chi connectivity index (χ0) is 21.1. The Bertz CT molecular complexity index is 1020. The molecule has 1 aromatic carbocycles. The third-order valence-electron chi connectivity index (χ3n) is 5.34. The number of likely N-dealkylation sites (tertiary alicyclic amines) is 1. The second-order valence-corrected chi connectivity index (χ2v) is 7.56. The number of halogens is 1. The zero-order valence-corrected chi connectivity index (χ0v) is 17.0. The highest BCUT2D eigenvalue weighted by atomic mass is 19.1. The third kappa shape index (κ3) is 4.12. The average Bonchev–Trinajstić information content (AvgIpc) is 2.79. The number of rotatable bonds is 4. The van der Waals surface area contributed by atoms with Gasteiger partial charge in [0.05, 0.1) is 5.69 Å². The van der Waals surface area contributed by atoms with Crippen molar-refractivity contribution in [3.8, 4) is 11.1 Å². The molecule has 0 bridgehead atoms. The molecule has 1 saturated heterocycles. The molecule has 0 N–H and O–H groups in total. The number of aromatic nitrogens is 4. The lowest BCUT2D eigenvalue weighted by Crippen LogP contribution is -2.38. The van der Waals surface area contributed by atoms with Crippen LogP contribution in [-0.4, -0.2) is 57.9 Å². The molecule has 0 unspecified atom stereocenters. The smallest absolute Gasteiger partial charge is 0.253 e. The molecule has 3 heterocycles. The minimum atomic E-state index is -0.344. The van der Waals surface area contributed by atoms with Crippen LogP contribution in [0.5, 0.6) is 0 Å². The Morgan fingerprint density at radius 2 is 1.73 bits per heavy atom. The molecule has 1 aliphatic rings. The van der Waals surface area contributed by atoms with Gasteiger partial charge < -0.3 is 9.80 Å². The predicted molar refractivity (Wildman–Crippen MR) is 112 cm³/mol. The Morgan fingerprint density at radius 1 is 1.07 bits per heavy atom. The molecule has 0 radical (unpaired) electrons. The van der Waals surface area contributed by atoms with Gasteiger partial charge in [0.2, 0.25) is 5.95 Å². The first-order valence-electron chi connectivity index (χ1n) is 9.87. The van der Waals surface area contributed by atoms with Crippen LogP contribution < -0.4 is 4.90 Å². The highest BCUT2D eigenvalue weighted by molar-refractivity contribution is 5.94. The number of nitrogens with zero attached hydrogens (tertiary/aromatic N) is 6. The molecule has 0 atom stereocenters. The topological polar surface area (TPSA) is 75.1 Å². The highest BCUT2D eigenvalue weighted by Crippen LogP contribution is 2.34. The molecule has 30 heavy (non-hydrogen) atoms. The molecule has 8 heteroatoms. The van der Waals surface area contributed by atoms with Crippen LogP contribution in [0.15, 0.2) is 49.2 Å². The van der Waals surface area contributed by atoms with E-state index in [1.54, 1.807) is 12.4 Å². The molecule has 2 aromatic heterocycles. The normalized spacial score (nSPS) is 14.6. The zero-order valence-electron chi connectivity index (χ0n) is 17.0. The summed E-state index contributed by atoms with van der Waals surface area (Å²) >= 11 is 0. The van der Waals surface area contributed by atoms with Crippen molar-refractivity contribution in [1.82, 2.24) is 24.8 Å². The number of hydrogen-bond donors (Lipinski definition) is 0. The largest absolute Gasteiger partial charge is 0.347 e. The summed E-state index contributed by atoms with van der Waals surface area (Å²) in [7, 11) is 3.82. The van der Waals surface area contributed by atoms with Crippen LogP contribution in [0.4, 0.5) is 10.3 Å². The summed E-state index contributed by atoms with van der Waals surface area (Å²) in [5.74, 6) is 0.430. The average molecular weight is 406 g/mol. The van der Waals surface area contributed by atoms with Crippen LogP contribution in [-0.2, 0) is 0 Å². The van der Waals surface area contributed by atoms with E-state index < -0.39 is 0 Å². The van der Waals surface area contributed by atoms with Crippen LogP contribution in [0.2, 0.25) is 0 Å². The van der Waals surface area contributed by atoms with Crippen LogP contribution in [0.1, 0.15) is 34.8 Å². The summed E-state index contributed by atoms with van der Waals surface area (Å²) in [4.78, 5) is 34.0. The van der Waals surface area contributed by atoms with E-state index in [1.165, 1.54) is 30.6 Å². The van der Waals surface area contributed by atoms with E-state index in [0.29, 0.717) is 24.6 Å². The lowest BCUT2D eigenvalue weighted by Gasteiger charge is -2.32. The molecular weight excluding hydrogens is 383 g/mol. The SMILES string of the molecule is CN(C)c1ncc(-c2cncnc2)c(C2CCN(C(=O)c3ccc(F)cc3)CC2)n1. The van der Waals surface area contributed by atoms with Gasteiger partial charge in [-0.15, -0.1) is 0 Å². The summed E-state index contributed by atoms with van der Waals surface area (Å²) in [6.45, 7) is 1.24. The van der Waals surface area contributed by atoms with E-state index in [9.17, 15) is 9.18 Å². The number of anilines is 1. The molecule has 1 fully saturated rings. The van der Waals surface area contributed by atoms with E-state index in [2.05, 4.69) is 15.0 Å². The molecule has 0 saturated carbocycles. The molecule has 3 aromatic rings. The molecule has 7 nitrogen and oxygen atoms in total. The standard InChI is InChI=1S/C22H23FN6O/c1-28(2)22-26-13-19(17-11-24-14-25-12-17)20(27-22)15-7-9-29(10-8-15)21(30)16-3-5-18(23)6-4-16/h3-6,11-15H,7-10H2,1-2H3. The fourth-order valence-electron chi connectivity index (χ4n) is 3.70. The minimum Gasteiger partial charge on any atom is -0.347 e. The van der Waals surface area contributed by atoms with Crippen LogP contribution in [0, 0.1) is 5.82 Å². The fraction of sp³-hybridized carbons (Fsp3) is 0.318. The Morgan fingerprint density at radius 3 is 2.37 bits per heavy atom. The maximum absolute atomic E-state index is 13.1. The third-order valence-corrected chi connectivity index (χ3v) is 5.34. The fourth-order valence-corrected chi connectivity index (χ4v) is 3.70. The maximum Gasteiger partial charge on any atom is 0.253 e. The molecule has 0 aliphatic carbocycles. The van der Waals surface area contributed by atoms with Crippen LogP contribution in [0.3, 0.4) is 0 Å². The number of piperidine rings is 1. The predicted octanol–water partition coefficient (Wildman–Crippen LogP) is 3.16. The van der Waals surface area contributed by atoms with Crippen molar-refractivity contribution in [1.29, 1.82) is 0 Å². The van der Waals surface area contributed by atoms with Crippen molar-refractivity contribution in [2.75, 3.05) is 32.1 Å². The van der Waals surface area contributed by atoms with Crippen molar-refractivity contribution in [3.05, 3.63) is 66.3 Å². The number of hydrogen-bond acceptors (Lipinski definition) is 6. The van der Waals surface area contributed by atoms with E-state index in [-0.39, 0.29) is 17.6 Å². The van der Waals surface area contributed by atoms with Crippen molar-refractivity contribution in [2.45, 2.75) is 18.8 Å². The minimum absolute atomic E-state index is 0.0678. The Kier molecular flexibility index (Phi) is 5.65. The summed E-state index contributed by atoms with van der Waals surface area (Å²) < 4.78 is 13.1. The van der Waals surface area contributed by atoms with Gasteiger partial charge in [0.15, 0.2) is 0 Å². The molecular formula is C22H23FN6O. The number of benzene rings is 1. The van der Waals surface area contributed by atoms with Crippen molar-refractivity contribution in [3.63, 3.8) is 0 Å². The molecule has 1 amide bonds. The molecule has 0 spiro atoms. The van der Waals surface area contributed by atoms with Gasteiger partial charge in [-0.1, -0.05) is 0 Å². The first kappa shape index (κ1) is 19.9. The van der Waals surface area contributed by atoms with E-state index >= 15 is 0 Å². The Hall–Kier alpha value is -3.42. The summed E-state index contributed by atoms with van der Waals surface area (Å²) in [6, 6.07) is 5.70. The van der Waals surface area contributed by atoms with Gasteiger partial charge in [-0.05, 0) is 37.1 Å². The second-order valence-electron chi connectivity index (χ2n) is 7.56. The first-order valence-corrected chi connectivity index (χ1v) is 9.87. The van der Waals surface area contributed by atoms with Gasteiger partial charge in [0.25, 0.3) is 5.91 Å². The number of amides is 1. The lowest BCUT2D eigenvalue weighted by atomic mass is 9.89. The van der Waals surface area contributed by atoms with Gasteiger partial charge in [0.1, 0.15) is 12.1 Å². The van der Waals surface area contributed by atoms with E-state index in [0.717, 1.165) is 29.7 Å². The van der Waals surface area contributed by atoms with Gasteiger partial charge in [-0.3, -0.25) is 4.79 Å². The summed E-state index contributed by atoms with van der Waals surface area (Å²) in [5.41, 5.74) is 3.26. The lowest BCUT2D eigenvalue weighted by molar-refractivity contribution is 0.0712. The van der Waals surface area contributed by atoms with E-state index in [4.69, 9.17) is 4.98 Å².